The molecule has 0 atom stereocenters. The number of ether oxygens (including phenoxy) is 1. The molecule has 0 spiro atoms. The number of benzene rings is 1. The van der Waals surface area contributed by atoms with Gasteiger partial charge in [0.1, 0.15) is 0 Å². The van der Waals surface area contributed by atoms with Gasteiger partial charge in [-0.3, -0.25) is 14.9 Å². The summed E-state index contributed by atoms with van der Waals surface area (Å²) < 4.78 is 5.27. The van der Waals surface area contributed by atoms with Crippen molar-refractivity contribution in [1.29, 1.82) is 0 Å². The van der Waals surface area contributed by atoms with Crippen molar-refractivity contribution < 1.29 is 19.2 Å². The molecule has 0 aliphatic heterocycles. The van der Waals surface area contributed by atoms with Crippen LogP contribution in [0.5, 0.6) is 0 Å². The van der Waals surface area contributed by atoms with Crippen LogP contribution in [0.1, 0.15) is 10.5 Å². The van der Waals surface area contributed by atoms with Crippen molar-refractivity contribution in [1.82, 2.24) is 15.0 Å². The lowest BCUT2D eigenvalue weighted by molar-refractivity contribution is -0.384. The number of anilines is 1. The summed E-state index contributed by atoms with van der Waals surface area (Å²) in [6, 6.07) is 5.53. The highest BCUT2D eigenvalue weighted by Crippen LogP contribution is 2.27. The van der Waals surface area contributed by atoms with Crippen molar-refractivity contribution in [3.63, 3.8) is 0 Å². The van der Waals surface area contributed by atoms with E-state index in [9.17, 15) is 19.7 Å². The summed E-state index contributed by atoms with van der Waals surface area (Å²) in [5.74, 6) is -0.992. The molecule has 0 unspecified atom stereocenters. The number of non-ortho nitro benzene ring substituents is 1. The van der Waals surface area contributed by atoms with E-state index in [2.05, 4.69) is 36.2 Å². The molecule has 3 rings (SSSR count). The van der Waals surface area contributed by atoms with E-state index >= 15 is 0 Å². The van der Waals surface area contributed by atoms with Crippen molar-refractivity contribution >= 4 is 50.5 Å². The fraction of sp³-hybridized carbons (Fsp3) is 0.0625. The fourth-order valence-electron chi connectivity index (χ4n) is 1.99. The maximum absolute atomic E-state index is 12.0. The van der Waals surface area contributed by atoms with Gasteiger partial charge >= 0.3 is 5.97 Å². The number of carbonyl (C=O) groups is 2. The van der Waals surface area contributed by atoms with Gasteiger partial charge in [-0.05, 0) is 28.1 Å². The number of nitro groups is 1. The minimum atomic E-state index is -0.767. The molecule has 0 saturated heterocycles. The number of nitro benzene ring substituents is 1. The number of esters is 1. The molecule has 12 heteroatoms. The molecular formula is C16H10BrN5O5S. The molecule has 0 aliphatic rings. The Morgan fingerprint density at radius 1 is 1.29 bits per heavy atom. The number of amides is 1. The Labute approximate surface area is 169 Å². The zero-order valence-corrected chi connectivity index (χ0v) is 16.3. The van der Waals surface area contributed by atoms with E-state index in [0.717, 1.165) is 0 Å². The van der Waals surface area contributed by atoms with Crippen LogP contribution in [0, 0.1) is 10.1 Å². The average molecular weight is 464 g/mol. The van der Waals surface area contributed by atoms with Crippen LogP contribution in [0.2, 0.25) is 0 Å². The van der Waals surface area contributed by atoms with Gasteiger partial charge in [0.05, 0.1) is 10.6 Å². The number of halogens is 1. The number of aromatic nitrogens is 3. The van der Waals surface area contributed by atoms with Crippen LogP contribution >= 0.6 is 27.3 Å². The second-order valence-corrected chi connectivity index (χ2v) is 6.87. The van der Waals surface area contributed by atoms with Gasteiger partial charge < -0.3 is 10.1 Å². The summed E-state index contributed by atoms with van der Waals surface area (Å²) >= 11 is 4.31. The SMILES string of the molecule is O=C(COC(=O)c1csc(-c2ncccn2)n1)Nc1ccc([N+](=O)[O-])cc1Br. The molecule has 3 aromatic rings. The summed E-state index contributed by atoms with van der Waals surface area (Å²) in [7, 11) is 0. The molecule has 10 nitrogen and oxygen atoms in total. The third kappa shape index (κ3) is 4.72. The minimum Gasteiger partial charge on any atom is -0.451 e. The molecule has 2 heterocycles. The second kappa shape index (κ2) is 8.63. The maximum atomic E-state index is 12.0. The van der Waals surface area contributed by atoms with Gasteiger partial charge in [0.15, 0.2) is 23.1 Å². The van der Waals surface area contributed by atoms with Crippen LogP contribution in [0.4, 0.5) is 11.4 Å². The first kappa shape index (κ1) is 19.5. The zero-order chi connectivity index (χ0) is 20.1. The van der Waals surface area contributed by atoms with E-state index in [1.807, 2.05) is 0 Å². The first-order valence-electron chi connectivity index (χ1n) is 7.58. The molecule has 28 heavy (non-hydrogen) atoms. The monoisotopic (exact) mass is 463 g/mol. The molecule has 142 valence electrons. The molecule has 0 fully saturated rings. The fourth-order valence-corrected chi connectivity index (χ4v) is 3.19. The third-order valence-corrected chi connectivity index (χ3v) is 4.74. The molecule has 1 amide bonds. The molecule has 0 aliphatic carbocycles. The summed E-state index contributed by atoms with van der Waals surface area (Å²) in [6.07, 6.45) is 3.12. The van der Waals surface area contributed by atoms with Gasteiger partial charge in [0.25, 0.3) is 11.6 Å². The van der Waals surface area contributed by atoms with E-state index in [4.69, 9.17) is 4.74 Å². The Morgan fingerprint density at radius 3 is 2.71 bits per heavy atom. The molecule has 1 N–H and O–H groups in total. The van der Waals surface area contributed by atoms with Crippen LogP contribution in [0.15, 0.2) is 46.5 Å². The number of rotatable bonds is 6. The van der Waals surface area contributed by atoms with Crippen LogP contribution in [-0.4, -0.2) is 38.4 Å². The maximum Gasteiger partial charge on any atom is 0.358 e. The summed E-state index contributed by atoms with van der Waals surface area (Å²) in [4.78, 5) is 46.4. The van der Waals surface area contributed by atoms with Crippen LogP contribution in [-0.2, 0) is 9.53 Å². The molecule has 1 aromatic carbocycles. The predicted octanol–water partition coefficient (Wildman–Crippen LogP) is 3.07. The van der Waals surface area contributed by atoms with Crippen molar-refractivity contribution in [3.05, 3.63) is 62.3 Å². The second-order valence-electron chi connectivity index (χ2n) is 5.16. The Hall–Kier alpha value is -3.25. The summed E-state index contributed by atoms with van der Waals surface area (Å²) in [6.45, 7) is -0.545. The quantitative estimate of drug-likeness (QED) is 0.334. The Morgan fingerprint density at radius 2 is 2.04 bits per heavy atom. The topological polar surface area (TPSA) is 137 Å². The first-order chi connectivity index (χ1) is 13.4. The molecule has 2 aromatic heterocycles. The van der Waals surface area contributed by atoms with Crippen LogP contribution < -0.4 is 5.32 Å². The van der Waals surface area contributed by atoms with Gasteiger partial charge in [-0.2, -0.15) is 0 Å². The lowest BCUT2D eigenvalue weighted by atomic mass is 10.3. The minimum absolute atomic E-state index is 0.0387. The largest absolute Gasteiger partial charge is 0.451 e. The average Bonchev–Trinajstić information content (AvgIpc) is 3.18. The number of hydrogen-bond acceptors (Lipinski definition) is 9. The van der Waals surface area contributed by atoms with E-state index in [1.54, 1.807) is 18.5 Å². The van der Waals surface area contributed by atoms with Crippen molar-refractivity contribution in [3.8, 4) is 10.8 Å². The lowest BCUT2D eigenvalue weighted by Gasteiger charge is -2.07. The van der Waals surface area contributed by atoms with Gasteiger partial charge in [-0.15, -0.1) is 11.3 Å². The van der Waals surface area contributed by atoms with Crippen molar-refractivity contribution in [2.75, 3.05) is 11.9 Å². The van der Waals surface area contributed by atoms with E-state index in [1.165, 1.54) is 34.9 Å². The van der Waals surface area contributed by atoms with Gasteiger partial charge in [-0.1, -0.05) is 0 Å². The molecule has 0 saturated carbocycles. The van der Waals surface area contributed by atoms with E-state index in [0.29, 0.717) is 21.0 Å². The van der Waals surface area contributed by atoms with Gasteiger partial charge in [0, 0.05) is 34.4 Å². The number of hydrogen-bond donors (Lipinski definition) is 1. The lowest BCUT2D eigenvalue weighted by Crippen LogP contribution is -2.21. The van der Waals surface area contributed by atoms with Gasteiger partial charge in [-0.25, -0.2) is 19.7 Å². The standard InChI is InChI=1S/C16H10BrN5O5S/c17-10-6-9(22(25)26)2-3-11(10)20-13(23)7-27-16(24)12-8-28-15(21-12)14-18-4-1-5-19-14/h1-6,8H,7H2,(H,20,23). The number of carbonyl (C=O) groups excluding carboxylic acids is 2. The van der Waals surface area contributed by atoms with Crippen molar-refractivity contribution in [2.24, 2.45) is 0 Å². The molecule has 0 bridgehead atoms. The first-order valence-corrected chi connectivity index (χ1v) is 9.25. The van der Waals surface area contributed by atoms with Crippen molar-refractivity contribution in [2.45, 2.75) is 0 Å². The van der Waals surface area contributed by atoms with Crippen LogP contribution in [0.25, 0.3) is 10.8 Å². The van der Waals surface area contributed by atoms with E-state index in [-0.39, 0.29) is 11.4 Å². The Bertz CT molecular complexity index is 1040. The number of thiazole rings is 1. The van der Waals surface area contributed by atoms with Crippen LogP contribution in [0.3, 0.4) is 0 Å². The molecule has 0 radical (unpaired) electrons. The van der Waals surface area contributed by atoms with Gasteiger partial charge in [0.2, 0.25) is 0 Å². The number of nitrogens with zero attached hydrogens (tertiary/aromatic N) is 4. The number of nitrogens with one attached hydrogen (secondary N) is 1. The summed E-state index contributed by atoms with van der Waals surface area (Å²) in [5.41, 5.74) is 0.221. The third-order valence-electron chi connectivity index (χ3n) is 3.24. The Kier molecular flexibility index (Phi) is 6.01. The predicted molar refractivity (Wildman–Crippen MR) is 103 cm³/mol. The molecular weight excluding hydrogens is 454 g/mol. The Balaban J connectivity index is 1.57. The highest BCUT2D eigenvalue weighted by molar-refractivity contribution is 9.10. The zero-order valence-electron chi connectivity index (χ0n) is 13.9. The highest BCUT2D eigenvalue weighted by atomic mass is 79.9. The summed E-state index contributed by atoms with van der Waals surface area (Å²) in [5, 5.41) is 15.1. The van der Waals surface area contributed by atoms with E-state index < -0.39 is 23.4 Å². The smallest absolute Gasteiger partial charge is 0.358 e. The highest BCUT2D eigenvalue weighted by Gasteiger charge is 2.17. The normalized spacial score (nSPS) is 10.3.